The lowest BCUT2D eigenvalue weighted by atomic mass is 10.1. The molecule has 0 atom stereocenters. The number of hydrogen-bond acceptors (Lipinski definition) is 3. The van der Waals surface area contributed by atoms with Crippen molar-refractivity contribution < 1.29 is 22.7 Å². The number of hydrogen-bond donors (Lipinski definition) is 1. The van der Waals surface area contributed by atoms with Gasteiger partial charge in [-0.2, -0.15) is 13.2 Å². The Bertz CT molecular complexity index is 710. The van der Waals surface area contributed by atoms with Gasteiger partial charge >= 0.3 is 6.18 Å². The average Bonchev–Trinajstić information content (AvgIpc) is 2.54. The molecule has 0 aromatic heterocycles. The first-order valence-electron chi connectivity index (χ1n) is 6.48. The van der Waals surface area contributed by atoms with E-state index in [1.54, 1.807) is 24.3 Å². The molecule has 0 spiro atoms. The van der Waals surface area contributed by atoms with Crippen LogP contribution in [0.3, 0.4) is 0 Å². The second-order valence-electron chi connectivity index (χ2n) is 4.59. The Kier molecular flexibility index (Phi) is 5.00. The van der Waals surface area contributed by atoms with Crippen LogP contribution in [0.25, 0.3) is 0 Å². The van der Waals surface area contributed by atoms with Crippen LogP contribution in [0.5, 0.6) is 5.75 Å². The van der Waals surface area contributed by atoms with Crippen LogP contribution in [-0.4, -0.2) is 18.0 Å². The molecule has 2 rings (SSSR count). The van der Waals surface area contributed by atoms with Crippen molar-refractivity contribution in [2.75, 3.05) is 7.11 Å². The number of carbonyl (C=O) groups is 1. The number of thiocarbonyl (C=S) groups is 1. The molecule has 23 heavy (non-hydrogen) atoms. The van der Waals surface area contributed by atoms with Crippen molar-refractivity contribution >= 4 is 23.1 Å². The maximum Gasteiger partial charge on any atom is 0.416 e. The number of ether oxygens (including phenoxy) is 1. The Morgan fingerprint density at radius 2 is 1.52 bits per heavy atom. The van der Waals surface area contributed by atoms with E-state index in [-0.39, 0.29) is 10.6 Å². The molecule has 0 fully saturated rings. The highest BCUT2D eigenvalue weighted by Gasteiger charge is 2.30. The van der Waals surface area contributed by atoms with E-state index in [0.717, 1.165) is 24.3 Å². The van der Waals surface area contributed by atoms with Gasteiger partial charge in [0.1, 0.15) is 10.7 Å². The summed E-state index contributed by atoms with van der Waals surface area (Å²) in [4.78, 5) is 12.2. The fourth-order valence-corrected chi connectivity index (χ4v) is 2.03. The van der Waals surface area contributed by atoms with Gasteiger partial charge in [-0.05, 0) is 48.5 Å². The van der Waals surface area contributed by atoms with Crippen LogP contribution in [0.15, 0.2) is 48.5 Å². The third kappa shape index (κ3) is 4.29. The van der Waals surface area contributed by atoms with Crippen molar-refractivity contribution in [3.8, 4) is 5.75 Å². The van der Waals surface area contributed by atoms with Crippen molar-refractivity contribution in [2.24, 2.45) is 0 Å². The molecule has 0 aliphatic rings. The van der Waals surface area contributed by atoms with Gasteiger partial charge in [0.15, 0.2) is 0 Å². The Hall–Kier alpha value is -2.41. The highest BCUT2D eigenvalue weighted by Crippen LogP contribution is 2.29. The second kappa shape index (κ2) is 6.78. The Labute approximate surface area is 136 Å². The van der Waals surface area contributed by atoms with Crippen LogP contribution in [0.2, 0.25) is 0 Å². The van der Waals surface area contributed by atoms with E-state index in [1.165, 1.54) is 7.11 Å². The first-order valence-corrected chi connectivity index (χ1v) is 6.89. The summed E-state index contributed by atoms with van der Waals surface area (Å²) in [7, 11) is 1.53. The molecule has 1 N–H and O–H groups in total. The number of benzene rings is 2. The lowest BCUT2D eigenvalue weighted by Crippen LogP contribution is -2.29. The molecule has 3 nitrogen and oxygen atoms in total. The van der Waals surface area contributed by atoms with Crippen LogP contribution in [-0.2, 0) is 6.18 Å². The molecule has 0 bridgehead atoms. The Balaban J connectivity index is 2.07. The summed E-state index contributed by atoms with van der Waals surface area (Å²) >= 11 is 5.11. The van der Waals surface area contributed by atoms with E-state index in [4.69, 9.17) is 17.0 Å². The van der Waals surface area contributed by atoms with Gasteiger partial charge in [0, 0.05) is 11.1 Å². The fraction of sp³-hybridized carbons (Fsp3) is 0.125. The van der Waals surface area contributed by atoms with E-state index in [2.05, 4.69) is 5.32 Å². The molecule has 0 aliphatic heterocycles. The summed E-state index contributed by atoms with van der Waals surface area (Å²) in [6.07, 6.45) is -4.44. The molecule has 2 aromatic carbocycles. The lowest BCUT2D eigenvalue weighted by Gasteiger charge is -2.09. The average molecular weight is 339 g/mol. The minimum absolute atomic E-state index is 0.0915. The zero-order chi connectivity index (χ0) is 17.0. The topological polar surface area (TPSA) is 38.3 Å². The van der Waals surface area contributed by atoms with Crippen molar-refractivity contribution in [3.63, 3.8) is 0 Å². The molecular weight excluding hydrogens is 327 g/mol. The minimum Gasteiger partial charge on any atom is -0.497 e. The van der Waals surface area contributed by atoms with Crippen LogP contribution >= 0.6 is 12.2 Å². The van der Waals surface area contributed by atoms with Gasteiger partial charge in [0.2, 0.25) is 0 Å². The molecule has 0 saturated carbocycles. The van der Waals surface area contributed by atoms with Crippen LogP contribution in [0.4, 0.5) is 13.2 Å². The zero-order valence-electron chi connectivity index (χ0n) is 12.0. The second-order valence-corrected chi connectivity index (χ2v) is 5.00. The molecule has 0 unspecified atom stereocenters. The van der Waals surface area contributed by atoms with Crippen molar-refractivity contribution in [1.29, 1.82) is 0 Å². The standard InChI is InChI=1S/C16H12F3NO2S/c1-22-13-8-4-11(5-9-13)15(23)20-14(21)10-2-6-12(7-3-10)16(17,18)19/h2-9H,1H3,(H,20,21,23). The number of carbonyl (C=O) groups excluding carboxylic acids is 1. The smallest absolute Gasteiger partial charge is 0.416 e. The van der Waals surface area contributed by atoms with Crippen LogP contribution < -0.4 is 10.1 Å². The normalized spacial score (nSPS) is 11.0. The number of rotatable bonds is 3. The van der Waals surface area contributed by atoms with Gasteiger partial charge in [-0.15, -0.1) is 0 Å². The number of halogens is 3. The first-order chi connectivity index (χ1) is 10.8. The van der Waals surface area contributed by atoms with Crippen molar-refractivity contribution in [3.05, 3.63) is 65.2 Å². The van der Waals surface area contributed by atoms with Crippen molar-refractivity contribution in [2.45, 2.75) is 6.18 Å². The van der Waals surface area contributed by atoms with Gasteiger partial charge in [0.25, 0.3) is 5.91 Å². The maximum atomic E-state index is 12.5. The molecule has 0 heterocycles. The fourth-order valence-electron chi connectivity index (χ4n) is 1.80. The molecule has 0 aliphatic carbocycles. The van der Waals surface area contributed by atoms with Crippen LogP contribution in [0.1, 0.15) is 21.5 Å². The SMILES string of the molecule is COc1ccc(C(=S)NC(=O)c2ccc(C(F)(F)F)cc2)cc1. The predicted molar refractivity (Wildman–Crippen MR) is 83.6 cm³/mol. The highest BCUT2D eigenvalue weighted by atomic mass is 32.1. The van der Waals surface area contributed by atoms with E-state index < -0.39 is 17.6 Å². The molecule has 120 valence electrons. The van der Waals surface area contributed by atoms with Gasteiger partial charge in [-0.3, -0.25) is 4.79 Å². The number of nitrogens with one attached hydrogen (secondary N) is 1. The molecule has 2 aromatic rings. The van der Waals surface area contributed by atoms with E-state index >= 15 is 0 Å². The number of methoxy groups -OCH3 is 1. The van der Waals surface area contributed by atoms with Gasteiger partial charge in [-0.1, -0.05) is 12.2 Å². The predicted octanol–water partition coefficient (Wildman–Crippen LogP) is 3.82. The summed E-state index contributed by atoms with van der Waals surface area (Å²) in [6, 6.07) is 10.6. The number of alkyl halides is 3. The molecule has 1 amide bonds. The van der Waals surface area contributed by atoms with Gasteiger partial charge in [-0.25, -0.2) is 0 Å². The summed E-state index contributed by atoms with van der Waals surface area (Å²) in [5.41, 5.74) is -0.123. The number of amides is 1. The quantitative estimate of drug-likeness (QED) is 0.864. The first kappa shape index (κ1) is 17.0. The van der Waals surface area contributed by atoms with Gasteiger partial charge < -0.3 is 10.1 Å². The van der Waals surface area contributed by atoms with E-state index in [0.29, 0.717) is 11.3 Å². The summed E-state index contributed by atoms with van der Waals surface area (Å²) < 4.78 is 42.5. The summed E-state index contributed by atoms with van der Waals surface area (Å²) in [5.74, 6) is 0.0742. The summed E-state index contributed by atoms with van der Waals surface area (Å²) in [5, 5.41) is 2.48. The monoisotopic (exact) mass is 339 g/mol. The Morgan fingerprint density at radius 1 is 1.00 bits per heavy atom. The molecule has 0 radical (unpaired) electrons. The molecular formula is C16H12F3NO2S. The third-order valence-electron chi connectivity index (χ3n) is 3.05. The highest BCUT2D eigenvalue weighted by molar-refractivity contribution is 7.80. The summed E-state index contributed by atoms with van der Waals surface area (Å²) in [6.45, 7) is 0. The van der Waals surface area contributed by atoms with E-state index in [9.17, 15) is 18.0 Å². The van der Waals surface area contributed by atoms with E-state index in [1.807, 2.05) is 0 Å². The van der Waals surface area contributed by atoms with Gasteiger partial charge in [0.05, 0.1) is 12.7 Å². The maximum absolute atomic E-state index is 12.5. The third-order valence-corrected chi connectivity index (χ3v) is 3.39. The largest absolute Gasteiger partial charge is 0.497 e. The molecule has 0 saturated heterocycles. The zero-order valence-corrected chi connectivity index (χ0v) is 12.8. The van der Waals surface area contributed by atoms with Crippen LogP contribution in [0, 0.1) is 0 Å². The van der Waals surface area contributed by atoms with Crippen molar-refractivity contribution in [1.82, 2.24) is 5.32 Å². The lowest BCUT2D eigenvalue weighted by molar-refractivity contribution is -0.137. The Morgan fingerprint density at radius 3 is 2.00 bits per heavy atom. The minimum atomic E-state index is -4.44. The molecule has 7 heteroatoms.